The molecule has 0 heterocycles. The summed E-state index contributed by atoms with van der Waals surface area (Å²) >= 11 is 6.00. The summed E-state index contributed by atoms with van der Waals surface area (Å²) in [6.45, 7) is 1.92. The first-order chi connectivity index (χ1) is 8.16. The van der Waals surface area contributed by atoms with Crippen molar-refractivity contribution in [3.05, 3.63) is 53.1 Å². The van der Waals surface area contributed by atoms with E-state index in [1.54, 1.807) is 12.1 Å². The average Bonchev–Trinajstić information content (AvgIpc) is 2.33. The topological polar surface area (TPSA) is 50.7 Å². The zero-order valence-electron chi connectivity index (χ0n) is 9.39. The van der Waals surface area contributed by atoms with Crippen LogP contribution in [0.3, 0.4) is 0 Å². The quantitative estimate of drug-likeness (QED) is 0.608. The van der Waals surface area contributed by atoms with Crippen LogP contribution in [0, 0.1) is 6.92 Å². The van der Waals surface area contributed by atoms with Gasteiger partial charge in [0.2, 0.25) is 0 Å². The Hall–Kier alpha value is -1.87. The molecule has 0 aliphatic carbocycles. The Morgan fingerprint density at radius 3 is 2.41 bits per heavy atom. The highest BCUT2D eigenvalue weighted by Gasteiger charge is 2.00. The first kappa shape index (κ1) is 11.6. The lowest BCUT2D eigenvalue weighted by Gasteiger charge is -2.00. The summed E-state index contributed by atoms with van der Waals surface area (Å²) in [7, 11) is 0. The molecule has 0 saturated carbocycles. The van der Waals surface area contributed by atoms with Crippen LogP contribution < -0.4 is 5.73 Å². The van der Waals surface area contributed by atoms with Gasteiger partial charge in [-0.2, -0.15) is 10.2 Å². The molecule has 0 spiro atoms. The Bertz CT molecular complexity index is 547. The molecule has 2 rings (SSSR count). The van der Waals surface area contributed by atoms with Gasteiger partial charge in [-0.3, -0.25) is 0 Å². The lowest BCUT2D eigenvalue weighted by molar-refractivity contribution is 1.21. The van der Waals surface area contributed by atoms with E-state index in [9.17, 15) is 0 Å². The van der Waals surface area contributed by atoms with Crippen molar-refractivity contribution in [1.82, 2.24) is 0 Å². The van der Waals surface area contributed by atoms with Crippen LogP contribution in [-0.4, -0.2) is 0 Å². The molecule has 0 saturated heterocycles. The summed E-state index contributed by atoms with van der Waals surface area (Å²) in [6.07, 6.45) is 0. The fraction of sp³-hybridized carbons (Fsp3) is 0.0769. The number of azo groups is 1. The van der Waals surface area contributed by atoms with Crippen molar-refractivity contribution < 1.29 is 0 Å². The summed E-state index contributed by atoms with van der Waals surface area (Å²) in [5.41, 5.74) is 8.76. The van der Waals surface area contributed by atoms with Gasteiger partial charge in [-0.15, -0.1) is 0 Å². The molecule has 0 amide bonds. The van der Waals surface area contributed by atoms with Gasteiger partial charge in [-0.05, 0) is 48.9 Å². The van der Waals surface area contributed by atoms with Crippen LogP contribution in [0.2, 0.25) is 5.02 Å². The predicted octanol–water partition coefficient (Wildman–Crippen LogP) is 4.65. The van der Waals surface area contributed by atoms with E-state index in [1.165, 1.54) is 0 Å². The largest absolute Gasteiger partial charge is 0.399 e. The first-order valence-corrected chi connectivity index (χ1v) is 5.57. The van der Waals surface area contributed by atoms with Gasteiger partial charge in [0.1, 0.15) is 0 Å². The Morgan fingerprint density at radius 2 is 1.71 bits per heavy atom. The SMILES string of the molecule is Cc1c(Cl)cccc1N=Nc1ccc(N)cc1. The smallest absolute Gasteiger partial charge is 0.0901 e. The molecule has 3 nitrogen and oxygen atoms in total. The van der Waals surface area contributed by atoms with E-state index < -0.39 is 0 Å². The highest BCUT2D eigenvalue weighted by Crippen LogP contribution is 2.27. The van der Waals surface area contributed by atoms with Crippen molar-refractivity contribution in [1.29, 1.82) is 0 Å². The summed E-state index contributed by atoms with van der Waals surface area (Å²) in [6, 6.07) is 12.8. The maximum Gasteiger partial charge on any atom is 0.0901 e. The Balaban J connectivity index is 2.26. The van der Waals surface area contributed by atoms with Crippen LogP contribution >= 0.6 is 11.6 Å². The molecule has 0 radical (unpaired) electrons. The maximum atomic E-state index is 6.00. The minimum Gasteiger partial charge on any atom is -0.399 e. The van der Waals surface area contributed by atoms with Gasteiger partial charge >= 0.3 is 0 Å². The third-order valence-corrected chi connectivity index (χ3v) is 2.81. The number of halogens is 1. The van der Waals surface area contributed by atoms with E-state index in [-0.39, 0.29) is 0 Å². The molecular formula is C13H12ClN3. The fourth-order valence-electron chi connectivity index (χ4n) is 1.36. The second kappa shape index (κ2) is 4.97. The van der Waals surface area contributed by atoms with Crippen LogP contribution in [0.25, 0.3) is 0 Å². The van der Waals surface area contributed by atoms with Gasteiger partial charge in [-0.1, -0.05) is 17.7 Å². The number of benzene rings is 2. The van der Waals surface area contributed by atoms with E-state index in [4.69, 9.17) is 17.3 Å². The van der Waals surface area contributed by atoms with Crippen molar-refractivity contribution in [3.63, 3.8) is 0 Å². The van der Waals surface area contributed by atoms with Crippen LogP contribution in [0.4, 0.5) is 17.1 Å². The lowest BCUT2D eigenvalue weighted by atomic mass is 10.2. The number of nitrogens with two attached hydrogens (primary N) is 1. The zero-order valence-corrected chi connectivity index (χ0v) is 10.1. The summed E-state index contributed by atoms with van der Waals surface area (Å²) in [5, 5.41) is 8.99. The van der Waals surface area contributed by atoms with Gasteiger partial charge in [-0.25, -0.2) is 0 Å². The number of hydrogen-bond acceptors (Lipinski definition) is 3. The number of nitrogens with zero attached hydrogens (tertiary/aromatic N) is 2. The van der Waals surface area contributed by atoms with E-state index in [2.05, 4.69) is 10.2 Å². The number of hydrogen-bond donors (Lipinski definition) is 1. The van der Waals surface area contributed by atoms with Gasteiger partial charge in [0.15, 0.2) is 0 Å². The highest BCUT2D eigenvalue weighted by molar-refractivity contribution is 6.31. The molecule has 2 aromatic rings. The molecule has 86 valence electrons. The fourth-order valence-corrected chi connectivity index (χ4v) is 1.53. The van der Waals surface area contributed by atoms with Gasteiger partial charge in [0, 0.05) is 10.7 Å². The second-order valence-electron chi connectivity index (χ2n) is 3.68. The van der Waals surface area contributed by atoms with Crippen LogP contribution in [0.15, 0.2) is 52.7 Å². The monoisotopic (exact) mass is 245 g/mol. The van der Waals surface area contributed by atoms with Crippen LogP contribution in [-0.2, 0) is 0 Å². The minimum atomic E-state index is 0.693. The zero-order chi connectivity index (χ0) is 12.3. The predicted molar refractivity (Wildman–Crippen MR) is 71.2 cm³/mol. The molecule has 2 aromatic carbocycles. The number of anilines is 1. The normalized spacial score (nSPS) is 10.9. The minimum absolute atomic E-state index is 0.693. The van der Waals surface area contributed by atoms with Crippen molar-refractivity contribution in [2.45, 2.75) is 6.92 Å². The standard InChI is InChI=1S/C13H12ClN3/c1-9-12(14)3-2-4-13(9)17-16-11-7-5-10(15)6-8-11/h2-8H,15H2,1H3. The lowest BCUT2D eigenvalue weighted by Crippen LogP contribution is -1.80. The summed E-state index contributed by atoms with van der Waals surface area (Å²) < 4.78 is 0. The third-order valence-electron chi connectivity index (χ3n) is 2.41. The van der Waals surface area contributed by atoms with E-state index in [1.807, 2.05) is 37.3 Å². The number of nitrogen functional groups attached to an aromatic ring is 1. The Kier molecular flexibility index (Phi) is 3.40. The molecule has 0 fully saturated rings. The molecule has 0 aliphatic rings. The first-order valence-electron chi connectivity index (χ1n) is 5.19. The van der Waals surface area contributed by atoms with E-state index in [0.29, 0.717) is 10.7 Å². The maximum absolute atomic E-state index is 6.00. The van der Waals surface area contributed by atoms with Crippen LogP contribution in [0.5, 0.6) is 0 Å². The van der Waals surface area contributed by atoms with Crippen molar-refractivity contribution in [2.24, 2.45) is 10.2 Å². The van der Waals surface area contributed by atoms with Gasteiger partial charge < -0.3 is 5.73 Å². The van der Waals surface area contributed by atoms with Crippen molar-refractivity contribution >= 4 is 28.7 Å². The average molecular weight is 246 g/mol. The molecule has 2 N–H and O–H groups in total. The summed E-state index contributed by atoms with van der Waals surface area (Å²) in [4.78, 5) is 0. The number of rotatable bonds is 2. The Morgan fingerprint density at radius 1 is 1.00 bits per heavy atom. The van der Waals surface area contributed by atoms with E-state index >= 15 is 0 Å². The molecule has 0 atom stereocenters. The van der Waals surface area contributed by atoms with Gasteiger partial charge in [0.05, 0.1) is 11.4 Å². The van der Waals surface area contributed by atoms with Crippen LogP contribution in [0.1, 0.15) is 5.56 Å². The Labute approximate surface area is 105 Å². The van der Waals surface area contributed by atoms with Crippen molar-refractivity contribution in [2.75, 3.05) is 5.73 Å². The second-order valence-corrected chi connectivity index (χ2v) is 4.08. The molecule has 0 aromatic heterocycles. The van der Waals surface area contributed by atoms with Gasteiger partial charge in [0.25, 0.3) is 0 Å². The molecule has 0 aliphatic heterocycles. The highest BCUT2D eigenvalue weighted by atomic mass is 35.5. The third kappa shape index (κ3) is 2.82. The summed E-state index contributed by atoms with van der Waals surface area (Å²) in [5.74, 6) is 0. The molecule has 0 unspecified atom stereocenters. The molecule has 0 bridgehead atoms. The molecular weight excluding hydrogens is 234 g/mol. The molecule has 4 heteroatoms. The van der Waals surface area contributed by atoms with Crippen molar-refractivity contribution in [3.8, 4) is 0 Å². The van der Waals surface area contributed by atoms with E-state index in [0.717, 1.165) is 16.9 Å². The molecule has 17 heavy (non-hydrogen) atoms.